The maximum atomic E-state index is 12.8. The molecule has 0 aromatic heterocycles. The van der Waals surface area contributed by atoms with E-state index in [1.807, 2.05) is 60.7 Å². The summed E-state index contributed by atoms with van der Waals surface area (Å²) in [6, 6.07) is 24.6. The van der Waals surface area contributed by atoms with E-state index in [-0.39, 0.29) is 14.0 Å². The summed E-state index contributed by atoms with van der Waals surface area (Å²) in [6.45, 7) is 2.16. The number of cyclic esters (lactones) is 1. The minimum atomic E-state index is -4.41. The molecule has 0 aliphatic carbocycles. The van der Waals surface area contributed by atoms with Crippen LogP contribution in [0.25, 0.3) is 0 Å². The van der Waals surface area contributed by atoms with E-state index in [1.54, 1.807) is 0 Å². The van der Waals surface area contributed by atoms with Crippen molar-refractivity contribution < 1.29 is 22.7 Å². The number of rotatable bonds is 7. The standard InChI is InChI=1S/C25H23F3N2O2.CH4/c26-25(27,28)21-11-13-22(14-12-21)30-18-23(32-24(30)31)17-29(15-19-7-3-1-4-8-19)16-20-9-5-2-6-10-20;/h1-14,23H,15-18H2;1H4/t23-;/m1./s1. The summed E-state index contributed by atoms with van der Waals surface area (Å²) in [4.78, 5) is 16.0. The normalized spacial score (nSPS) is 15.9. The van der Waals surface area contributed by atoms with Crippen LogP contribution in [0.5, 0.6) is 0 Å². The van der Waals surface area contributed by atoms with E-state index in [9.17, 15) is 18.0 Å². The molecule has 0 bridgehead atoms. The van der Waals surface area contributed by atoms with Crippen molar-refractivity contribution in [2.45, 2.75) is 32.8 Å². The van der Waals surface area contributed by atoms with Gasteiger partial charge in [0.2, 0.25) is 0 Å². The highest BCUT2D eigenvalue weighted by Gasteiger charge is 2.35. The highest BCUT2D eigenvalue weighted by Crippen LogP contribution is 2.31. The Hall–Kier alpha value is -3.32. The maximum absolute atomic E-state index is 12.8. The molecule has 4 nitrogen and oxygen atoms in total. The quantitative estimate of drug-likeness (QED) is 0.414. The Balaban J connectivity index is 0.00000306. The third-order valence-electron chi connectivity index (χ3n) is 5.34. The fourth-order valence-electron chi connectivity index (χ4n) is 3.81. The SMILES string of the molecule is C.O=C1O[C@H](CN(Cc2ccccc2)Cc2ccccc2)CN1c1ccc(C(F)(F)F)cc1. The largest absolute Gasteiger partial charge is 0.443 e. The number of nitrogens with zero attached hydrogens (tertiary/aromatic N) is 2. The zero-order chi connectivity index (χ0) is 22.6. The number of carbonyl (C=O) groups is 1. The van der Waals surface area contributed by atoms with Crippen LogP contribution < -0.4 is 4.90 Å². The van der Waals surface area contributed by atoms with Crippen molar-refractivity contribution in [1.29, 1.82) is 0 Å². The molecule has 0 radical (unpaired) electrons. The number of carbonyl (C=O) groups excluding carboxylic acids is 1. The van der Waals surface area contributed by atoms with Gasteiger partial charge in [-0.3, -0.25) is 9.80 Å². The Morgan fingerprint density at radius 2 is 1.36 bits per heavy atom. The van der Waals surface area contributed by atoms with Crippen LogP contribution in [0.1, 0.15) is 24.1 Å². The van der Waals surface area contributed by atoms with Crippen molar-refractivity contribution in [1.82, 2.24) is 4.90 Å². The monoisotopic (exact) mass is 456 g/mol. The predicted molar refractivity (Wildman–Crippen MR) is 123 cm³/mol. The summed E-state index contributed by atoms with van der Waals surface area (Å²) in [6.07, 6.45) is -5.35. The molecule has 4 rings (SSSR count). The third-order valence-corrected chi connectivity index (χ3v) is 5.34. The second-order valence-corrected chi connectivity index (χ2v) is 7.80. The number of benzene rings is 3. The lowest BCUT2D eigenvalue weighted by Gasteiger charge is -2.25. The topological polar surface area (TPSA) is 32.8 Å². The van der Waals surface area contributed by atoms with E-state index in [1.165, 1.54) is 17.0 Å². The summed E-state index contributed by atoms with van der Waals surface area (Å²) >= 11 is 0. The molecule has 0 saturated carbocycles. The Labute approximate surface area is 192 Å². The number of hydrogen-bond donors (Lipinski definition) is 0. The molecule has 1 atom stereocenters. The average molecular weight is 457 g/mol. The summed E-state index contributed by atoms with van der Waals surface area (Å²) in [7, 11) is 0. The third kappa shape index (κ3) is 6.35. The van der Waals surface area contributed by atoms with Crippen molar-refractivity contribution in [3.05, 3.63) is 102 Å². The summed E-state index contributed by atoms with van der Waals surface area (Å²) in [5, 5.41) is 0. The molecule has 3 aromatic carbocycles. The molecule has 1 amide bonds. The molecule has 174 valence electrons. The van der Waals surface area contributed by atoms with Gasteiger partial charge in [-0.05, 0) is 35.4 Å². The Morgan fingerprint density at radius 1 is 0.848 bits per heavy atom. The minimum Gasteiger partial charge on any atom is -0.443 e. The number of ether oxygens (including phenoxy) is 1. The molecule has 3 aromatic rings. The van der Waals surface area contributed by atoms with E-state index in [2.05, 4.69) is 4.90 Å². The molecule has 1 fully saturated rings. The van der Waals surface area contributed by atoms with E-state index in [0.717, 1.165) is 23.3 Å². The Kier molecular flexibility index (Phi) is 7.76. The van der Waals surface area contributed by atoms with Gasteiger partial charge < -0.3 is 4.74 Å². The summed E-state index contributed by atoms with van der Waals surface area (Å²) in [5.41, 5.74) is 1.94. The van der Waals surface area contributed by atoms with Gasteiger partial charge in [0.1, 0.15) is 6.10 Å². The van der Waals surface area contributed by atoms with Crippen LogP contribution in [0, 0.1) is 0 Å². The van der Waals surface area contributed by atoms with Gasteiger partial charge >= 0.3 is 12.3 Å². The molecule has 33 heavy (non-hydrogen) atoms. The van der Waals surface area contributed by atoms with Crippen LogP contribution >= 0.6 is 0 Å². The highest BCUT2D eigenvalue weighted by atomic mass is 19.4. The van der Waals surface area contributed by atoms with Gasteiger partial charge in [0.05, 0.1) is 12.1 Å². The number of anilines is 1. The lowest BCUT2D eigenvalue weighted by atomic mass is 10.1. The number of hydrogen-bond acceptors (Lipinski definition) is 3. The van der Waals surface area contributed by atoms with Gasteiger partial charge in [-0.25, -0.2) is 4.79 Å². The number of amides is 1. The molecule has 1 saturated heterocycles. The van der Waals surface area contributed by atoms with Gasteiger partial charge in [-0.1, -0.05) is 68.1 Å². The highest BCUT2D eigenvalue weighted by molar-refractivity contribution is 5.89. The van der Waals surface area contributed by atoms with Gasteiger partial charge in [-0.15, -0.1) is 0 Å². The van der Waals surface area contributed by atoms with Crippen LogP contribution in [0.15, 0.2) is 84.9 Å². The Bertz CT molecular complexity index is 983. The molecule has 1 aliphatic heterocycles. The fraction of sp³-hybridized carbons (Fsp3) is 0.269. The summed E-state index contributed by atoms with van der Waals surface area (Å²) in [5.74, 6) is 0. The molecule has 7 heteroatoms. The molecule has 1 aliphatic rings. The van der Waals surface area contributed by atoms with E-state index in [4.69, 9.17) is 4.74 Å². The van der Waals surface area contributed by atoms with E-state index in [0.29, 0.717) is 25.3 Å². The molecule has 0 spiro atoms. The van der Waals surface area contributed by atoms with Crippen molar-refractivity contribution in [2.75, 3.05) is 18.0 Å². The first kappa shape index (κ1) is 24.3. The minimum absolute atomic E-state index is 0. The second kappa shape index (κ2) is 10.5. The van der Waals surface area contributed by atoms with Crippen LogP contribution in [-0.2, 0) is 24.0 Å². The zero-order valence-electron chi connectivity index (χ0n) is 17.3. The van der Waals surface area contributed by atoms with Crippen molar-refractivity contribution in [3.8, 4) is 0 Å². The lowest BCUT2D eigenvalue weighted by molar-refractivity contribution is -0.137. The lowest BCUT2D eigenvalue weighted by Crippen LogP contribution is -2.34. The summed E-state index contributed by atoms with van der Waals surface area (Å²) < 4.78 is 44.0. The van der Waals surface area contributed by atoms with E-state index >= 15 is 0 Å². The van der Waals surface area contributed by atoms with Gasteiger partial charge in [-0.2, -0.15) is 13.2 Å². The zero-order valence-corrected chi connectivity index (χ0v) is 17.3. The van der Waals surface area contributed by atoms with Gasteiger partial charge in [0.25, 0.3) is 0 Å². The van der Waals surface area contributed by atoms with Crippen LogP contribution in [-0.4, -0.2) is 30.2 Å². The maximum Gasteiger partial charge on any atom is 0.416 e. The number of halogens is 3. The average Bonchev–Trinajstić information content (AvgIpc) is 3.14. The van der Waals surface area contributed by atoms with Crippen molar-refractivity contribution >= 4 is 11.8 Å². The molecule has 1 heterocycles. The molecule has 0 N–H and O–H groups in total. The predicted octanol–water partition coefficient (Wildman–Crippen LogP) is 6.37. The molecular weight excluding hydrogens is 429 g/mol. The fourth-order valence-corrected chi connectivity index (χ4v) is 3.81. The second-order valence-electron chi connectivity index (χ2n) is 7.80. The Morgan fingerprint density at radius 3 is 1.85 bits per heavy atom. The van der Waals surface area contributed by atoms with Crippen molar-refractivity contribution in [2.24, 2.45) is 0 Å². The first-order valence-electron chi connectivity index (χ1n) is 10.3. The number of alkyl halides is 3. The van der Waals surface area contributed by atoms with Crippen LogP contribution in [0.2, 0.25) is 0 Å². The van der Waals surface area contributed by atoms with Gasteiger partial charge in [0.15, 0.2) is 0 Å². The molecule has 0 unspecified atom stereocenters. The smallest absolute Gasteiger partial charge is 0.416 e. The van der Waals surface area contributed by atoms with Crippen LogP contribution in [0.3, 0.4) is 0 Å². The van der Waals surface area contributed by atoms with E-state index < -0.39 is 23.9 Å². The van der Waals surface area contributed by atoms with Gasteiger partial charge in [0, 0.05) is 25.3 Å². The van der Waals surface area contributed by atoms with Crippen molar-refractivity contribution in [3.63, 3.8) is 0 Å². The molecular formula is C26H27F3N2O2. The first-order valence-corrected chi connectivity index (χ1v) is 10.3. The first-order chi connectivity index (χ1) is 15.4. The van der Waals surface area contributed by atoms with Crippen LogP contribution in [0.4, 0.5) is 23.7 Å².